The molecule has 0 bridgehead atoms. The molecule has 0 radical (unpaired) electrons. The van der Waals surface area contributed by atoms with Gasteiger partial charge in [-0.05, 0) is 44.4 Å². The van der Waals surface area contributed by atoms with Crippen molar-refractivity contribution in [1.29, 1.82) is 0 Å². The molecule has 2 rings (SSSR count). The summed E-state index contributed by atoms with van der Waals surface area (Å²) in [5.41, 5.74) is 2.22. The fourth-order valence-electron chi connectivity index (χ4n) is 2.71. The zero-order valence-electron chi connectivity index (χ0n) is 15.2. The number of amides is 1. The number of ether oxygens (including phenoxy) is 2. The van der Waals surface area contributed by atoms with E-state index in [0.29, 0.717) is 35.7 Å². The lowest BCUT2D eigenvalue weighted by molar-refractivity contribution is 0.0260. The number of hydrogen-bond donors (Lipinski definition) is 2. The number of aliphatic hydroxyl groups excluding tert-OH is 2. The predicted molar refractivity (Wildman–Crippen MR) is 93.1 cm³/mol. The molecular formula is C18H26N2O5. The van der Waals surface area contributed by atoms with Crippen molar-refractivity contribution in [3.63, 3.8) is 0 Å². The average molecular weight is 350 g/mol. The second kappa shape index (κ2) is 7.84. The van der Waals surface area contributed by atoms with Crippen molar-refractivity contribution in [3.8, 4) is 5.88 Å². The van der Waals surface area contributed by atoms with Gasteiger partial charge in [0.2, 0.25) is 5.88 Å². The third-order valence-electron chi connectivity index (χ3n) is 3.90. The largest absolute Gasteiger partial charge is 0.481 e. The van der Waals surface area contributed by atoms with E-state index in [0.717, 1.165) is 5.57 Å². The summed E-state index contributed by atoms with van der Waals surface area (Å²) in [6, 6.07) is 3.44. The van der Waals surface area contributed by atoms with E-state index in [1.54, 1.807) is 17.0 Å². The molecule has 138 valence electrons. The summed E-state index contributed by atoms with van der Waals surface area (Å²) in [6.45, 7) is 5.81. The Hall–Kier alpha value is -2.12. The molecule has 2 heterocycles. The molecule has 7 nitrogen and oxygen atoms in total. The fourth-order valence-corrected chi connectivity index (χ4v) is 2.71. The molecule has 1 aliphatic rings. The minimum Gasteiger partial charge on any atom is -0.481 e. The molecule has 0 spiro atoms. The van der Waals surface area contributed by atoms with Crippen LogP contribution in [0.4, 0.5) is 4.79 Å². The van der Waals surface area contributed by atoms with Crippen molar-refractivity contribution in [1.82, 2.24) is 9.88 Å². The van der Waals surface area contributed by atoms with E-state index in [2.05, 4.69) is 4.98 Å². The fraction of sp³-hybridized carbons (Fsp3) is 0.556. The first-order valence-corrected chi connectivity index (χ1v) is 8.24. The minimum atomic E-state index is -0.571. The van der Waals surface area contributed by atoms with Crippen LogP contribution in [-0.2, 0) is 11.3 Å². The summed E-state index contributed by atoms with van der Waals surface area (Å²) in [4.78, 5) is 18.3. The smallest absolute Gasteiger partial charge is 0.410 e. The molecule has 7 heteroatoms. The summed E-state index contributed by atoms with van der Waals surface area (Å²) in [5.74, 6) is 0.437. The van der Waals surface area contributed by atoms with Gasteiger partial charge in [0.15, 0.2) is 0 Å². The molecule has 0 atom stereocenters. The summed E-state index contributed by atoms with van der Waals surface area (Å²) in [5, 5.41) is 19.4. The van der Waals surface area contributed by atoms with E-state index in [9.17, 15) is 15.0 Å². The second-order valence-electron chi connectivity index (χ2n) is 6.91. The minimum absolute atomic E-state index is 0.162. The van der Waals surface area contributed by atoms with E-state index in [4.69, 9.17) is 9.47 Å². The lowest BCUT2D eigenvalue weighted by Gasteiger charge is -2.32. The monoisotopic (exact) mass is 350 g/mol. The summed E-state index contributed by atoms with van der Waals surface area (Å²) in [6.07, 6.45) is 0.112. The molecule has 25 heavy (non-hydrogen) atoms. The normalized spacial score (nSPS) is 15.4. The van der Waals surface area contributed by atoms with E-state index < -0.39 is 11.7 Å². The standard InChI is InChI=1S/C18H26N2O5/c1-18(2,3)25-17(23)20-8-7-14(13(9-20)11-22)16-12(10-21)5-6-15(19-16)24-4/h5-6,21-22H,7-11H2,1-4H3. The van der Waals surface area contributed by atoms with E-state index in [-0.39, 0.29) is 19.8 Å². The molecule has 0 saturated heterocycles. The van der Waals surface area contributed by atoms with Crippen molar-refractivity contribution in [2.45, 2.75) is 39.4 Å². The number of pyridine rings is 1. The summed E-state index contributed by atoms with van der Waals surface area (Å²) in [7, 11) is 1.52. The van der Waals surface area contributed by atoms with Gasteiger partial charge < -0.3 is 24.6 Å². The van der Waals surface area contributed by atoms with Crippen LogP contribution in [0.15, 0.2) is 17.7 Å². The van der Waals surface area contributed by atoms with Crippen molar-refractivity contribution in [3.05, 3.63) is 29.0 Å². The number of carbonyl (C=O) groups excluding carboxylic acids is 1. The zero-order valence-corrected chi connectivity index (χ0v) is 15.2. The van der Waals surface area contributed by atoms with E-state index >= 15 is 0 Å². The van der Waals surface area contributed by atoms with Gasteiger partial charge in [-0.1, -0.05) is 0 Å². The highest BCUT2D eigenvalue weighted by Gasteiger charge is 2.28. The van der Waals surface area contributed by atoms with Crippen LogP contribution in [0.1, 0.15) is 38.4 Å². The number of aromatic nitrogens is 1. The first-order valence-electron chi connectivity index (χ1n) is 8.24. The summed E-state index contributed by atoms with van der Waals surface area (Å²) >= 11 is 0. The molecule has 1 aromatic heterocycles. The number of methoxy groups -OCH3 is 1. The Bertz CT molecular complexity index is 664. The molecule has 0 aromatic carbocycles. The molecule has 1 aromatic rings. The first kappa shape index (κ1) is 19.2. The number of hydrogen-bond acceptors (Lipinski definition) is 6. The van der Waals surface area contributed by atoms with Gasteiger partial charge in [-0.3, -0.25) is 0 Å². The quantitative estimate of drug-likeness (QED) is 0.862. The van der Waals surface area contributed by atoms with Crippen LogP contribution in [0.5, 0.6) is 5.88 Å². The van der Waals surface area contributed by atoms with Gasteiger partial charge in [0, 0.05) is 24.7 Å². The lowest BCUT2D eigenvalue weighted by atomic mass is 9.94. The van der Waals surface area contributed by atoms with Gasteiger partial charge in [-0.25, -0.2) is 9.78 Å². The van der Waals surface area contributed by atoms with Gasteiger partial charge in [0.25, 0.3) is 0 Å². The SMILES string of the molecule is COc1ccc(CO)c(C2=C(CO)CN(C(=O)OC(C)(C)C)CC2)n1. The van der Waals surface area contributed by atoms with Crippen molar-refractivity contribution >= 4 is 11.7 Å². The van der Waals surface area contributed by atoms with Crippen LogP contribution in [0.2, 0.25) is 0 Å². The number of nitrogens with zero attached hydrogens (tertiary/aromatic N) is 2. The third kappa shape index (κ3) is 4.70. The Morgan fingerprint density at radius 2 is 2.00 bits per heavy atom. The van der Waals surface area contributed by atoms with Gasteiger partial charge in [0.1, 0.15) is 5.60 Å². The molecule has 1 aliphatic heterocycles. The highest BCUT2D eigenvalue weighted by Crippen LogP contribution is 2.30. The van der Waals surface area contributed by atoms with Crippen LogP contribution in [0.25, 0.3) is 5.57 Å². The molecule has 0 unspecified atom stereocenters. The Labute approximate surface area is 147 Å². The van der Waals surface area contributed by atoms with Gasteiger partial charge in [-0.2, -0.15) is 0 Å². The first-order chi connectivity index (χ1) is 11.8. The molecule has 2 N–H and O–H groups in total. The van der Waals surface area contributed by atoms with Crippen LogP contribution in [-0.4, -0.2) is 58.6 Å². The van der Waals surface area contributed by atoms with Crippen molar-refractivity contribution < 1.29 is 24.5 Å². The van der Waals surface area contributed by atoms with Crippen LogP contribution < -0.4 is 4.74 Å². The Kier molecular flexibility index (Phi) is 6.02. The number of aliphatic hydroxyl groups is 2. The topological polar surface area (TPSA) is 92.1 Å². The Morgan fingerprint density at radius 1 is 1.28 bits per heavy atom. The highest BCUT2D eigenvalue weighted by molar-refractivity contribution is 5.75. The van der Waals surface area contributed by atoms with Crippen LogP contribution >= 0.6 is 0 Å². The maximum atomic E-state index is 12.3. The van der Waals surface area contributed by atoms with Gasteiger partial charge >= 0.3 is 6.09 Å². The van der Waals surface area contributed by atoms with Gasteiger partial charge in [0.05, 0.1) is 26.0 Å². The molecule has 1 amide bonds. The zero-order chi connectivity index (χ0) is 18.6. The molecule has 0 aliphatic carbocycles. The molecule has 0 fully saturated rings. The molecular weight excluding hydrogens is 324 g/mol. The Balaban J connectivity index is 2.32. The van der Waals surface area contributed by atoms with E-state index in [1.165, 1.54) is 7.11 Å². The maximum absolute atomic E-state index is 12.3. The average Bonchev–Trinajstić information content (AvgIpc) is 2.59. The maximum Gasteiger partial charge on any atom is 0.410 e. The number of carbonyl (C=O) groups is 1. The van der Waals surface area contributed by atoms with Crippen molar-refractivity contribution in [2.75, 3.05) is 26.8 Å². The summed E-state index contributed by atoms with van der Waals surface area (Å²) < 4.78 is 10.6. The van der Waals surface area contributed by atoms with Gasteiger partial charge in [-0.15, -0.1) is 0 Å². The Morgan fingerprint density at radius 3 is 2.56 bits per heavy atom. The third-order valence-corrected chi connectivity index (χ3v) is 3.90. The molecule has 0 saturated carbocycles. The number of rotatable bonds is 4. The highest BCUT2D eigenvalue weighted by atomic mass is 16.6. The lowest BCUT2D eigenvalue weighted by Crippen LogP contribution is -2.41. The van der Waals surface area contributed by atoms with E-state index in [1.807, 2.05) is 20.8 Å². The predicted octanol–water partition coefficient (Wildman–Crippen LogP) is 1.97. The second-order valence-corrected chi connectivity index (χ2v) is 6.91. The van der Waals surface area contributed by atoms with Crippen molar-refractivity contribution in [2.24, 2.45) is 0 Å². The van der Waals surface area contributed by atoms with Crippen LogP contribution in [0.3, 0.4) is 0 Å². The van der Waals surface area contributed by atoms with Crippen LogP contribution in [0, 0.1) is 0 Å².